The molecular formula is C11H16N4O. The van der Waals surface area contributed by atoms with Crippen molar-refractivity contribution < 1.29 is 4.79 Å². The highest BCUT2D eigenvalue weighted by Crippen LogP contribution is 2.37. The maximum atomic E-state index is 11.5. The maximum absolute atomic E-state index is 11.5. The molecular weight excluding hydrogens is 204 g/mol. The van der Waals surface area contributed by atoms with Crippen molar-refractivity contribution in [3.05, 3.63) is 17.7 Å². The fourth-order valence-electron chi connectivity index (χ4n) is 2.34. The Morgan fingerprint density at radius 1 is 1.56 bits per heavy atom. The minimum atomic E-state index is 0.0200. The van der Waals surface area contributed by atoms with Crippen molar-refractivity contribution in [2.24, 2.45) is 5.73 Å². The number of amides is 1. The zero-order chi connectivity index (χ0) is 11.1. The molecule has 0 bridgehead atoms. The first-order valence-electron chi connectivity index (χ1n) is 5.82. The SMILES string of the molecule is NCC(=O)N1CCc2c(ncn2C2CC2)C1. The molecule has 16 heavy (non-hydrogen) atoms. The Morgan fingerprint density at radius 2 is 2.38 bits per heavy atom. The van der Waals surface area contributed by atoms with Crippen molar-refractivity contribution in [3.63, 3.8) is 0 Å². The van der Waals surface area contributed by atoms with Gasteiger partial charge in [0.05, 0.1) is 25.1 Å². The lowest BCUT2D eigenvalue weighted by Crippen LogP contribution is -2.40. The van der Waals surface area contributed by atoms with Gasteiger partial charge in [0.1, 0.15) is 0 Å². The number of carbonyl (C=O) groups is 1. The van der Waals surface area contributed by atoms with Gasteiger partial charge in [-0.3, -0.25) is 4.79 Å². The number of fused-ring (bicyclic) bond motifs is 1. The lowest BCUT2D eigenvalue weighted by Gasteiger charge is -2.26. The van der Waals surface area contributed by atoms with Crippen molar-refractivity contribution in [3.8, 4) is 0 Å². The van der Waals surface area contributed by atoms with Gasteiger partial charge in [-0.1, -0.05) is 0 Å². The van der Waals surface area contributed by atoms with Gasteiger partial charge < -0.3 is 15.2 Å². The number of hydrogen-bond donors (Lipinski definition) is 1. The molecule has 0 radical (unpaired) electrons. The summed E-state index contributed by atoms with van der Waals surface area (Å²) in [5.41, 5.74) is 7.75. The molecule has 1 saturated carbocycles. The van der Waals surface area contributed by atoms with E-state index in [4.69, 9.17) is 5.73 Å². The topological polar surface area (TPSA) is 64.2 Å². The molecule has 1 fully saturated rings. The summed E-state index contributed by atoms with van der Waals surface area (Å²) in [5, 5.41) is 0. The van der Waals surface area contributed by atoms with Crippen LogP contribution in [0.25, 0.3) is 0 Å². The van der Waals surface area contributed by atoms with Crippen molar-refractivity contribution >= 4 is 5.91 Å². The van der Waals surface area contributed by atoms with Crippen LogP contribution in [0, 0.1) is 0 Å². The molecule has 0 unspecified atom stereocenters. The van der Waals surface area contributed by atoms with Gasteiger partial charge in [0.25, 0.3) is 0 Å². The quantitative estimate of drug-likeness (QED) is 0.766. The van der Waals surface area contributed by atoms with E-state index in [2.05, 4.69) is 9.55 Å². The number of hydrogen-bond acceptors (Lipinski definition) is 3. The Morgan fingerprint density at radius 3 is 3.06 bits per heavy atom. The normalized spacial score (nSPS) is 19.7. The van der Waals surface area contributed by atoms with E-state index in [-0.39, 0.29) is 12.5 Å². The second-order valence-electron chi connectivity index (χ2n) is 4.55. The highest BCUT2D eigenvalue weighted by molar-refractivity contribution is 5.78. The molecule has 0 saturated heterocycles. The van der Waals surface area contributed by atoms with Gasteiger partial charge >= 0.3 is 0 Å². The molecule has 1 aliphatic carbocycles. The van der Waals surface area contributed by atoms with E-state index in [9.17, 15) is 4.79 Å². The summed E-state index contributed by atoms with van der Waals surface area (Å²) < 4.78 is 2.29. The first-order chi connectivity index (χ1) is 7.79. The van der Waals surface area contributed by atoms with Crippen molar-refractivity contribution in [1.82, 2.24) is 14.5 Å². The van der Waals surface area contributed by atoms with Crippen LogP contribution in [-0.4, -0.2) is 33.4 Å². The van der Waals surface area contributed by atoms with E-state index in [0.717, 1.165) is 18.7 Å². The predicted molar refractivity (Wildman–Crippen MR) is 58.7 cm³/mol. The van der Waals surface area contributed by atoms with Crippen LogP contribution >= 0.6 is 0 Å². The molecule has 1 aromatic heterocycles. The number of nitrogens with zero attached hydrogens (tertiary/aromatic N) is 3. The predicted octanol–water partition coefficient (Wildman–Crippen LogP) is 0.0614. The smallest absolute Gasteiger partial charge is 0.236 e. The Labute approximate surface area is 94.2 Å². The Kier molecular flexibility index (Phi) is 2.21. The number of nitrogens with two attached hydrogens (primary N) is 1. The van der Waals surface area contributed by atoms with Crippen LogP contribution in [0.2, 0.25) is 0 Å². The summed E-state index contributed by atoms with van der Waals surface area (Å²) in [4.78, 5) is 17.7. The summed E-state index contributed by atoms with van der Waals surface area (Å²) in [6, 6.07) is 0.674. The first kappa shape index (κ1) is 9.84. The zero-order valence-corrected chi connectivity index (χ0v) is 9.22. The number of imidazole rings is 1. The molecule has 0 aromatic carbocycles. The van der Waals surface area contributed by atoms with Crippen LogP contribution in [-0.2, 0) is 17.8 Å². The minimum Gasteiger partial charge on any atom is -0.335 e. The van der Waals surface area contributed by atoms with Crippen LogP contribution in [0.4, 0.5) is 0 Å². The van der Waals surface area contributed by atoms with Crippen LogP contribution in [0.5, 0.6) is 0 Å². The number of aromatic nitrogens is 2. The Bertz CT molecular complexity index is 422. The van der Waals surface area contributed by atoms with Crippen LogP contribution < -0.4 is 5.73 Å². The third-order valence-corrected chi connectivity index (χ3v) is 3.41. The van der Waals surface area contributed by atoms with E-state index >= 15 is 0 Å². The van der Waals surface area contributed by atoms with E-state index in [1.807, 2.05) is 6.33 Å². The molecule has 5 heteroatoms. The Balaban J connectivity index is 1.82. The summed E-state index contributed by atoms with van der Waals surface area (Å²) in [5.74, 6) is 0.0200. The zero-order valence-electron chi connectivity index (χ0n) is 9.22. The second kappa shape index (κ2) is 3.59. The van der Waals surface area contributed by atoms with Gasteiger partial charge in [0.2, 0.25) is 5.91 Å². The van der Waals surface area contributed by atoms with E-state index in [1.54, 1.807) is 4.90 Å². The van der Waals surface area contributed by atoms with Gasteiger partial charge in [0, 0.05) is 24.7 Å². The second-order valence-corrected chi connectivity index (χ2v) is 4.55. The number of rotatable bonds is 2. The average molecular weight is 220 g/mol. The van der Waals surface area contributed by atoms with Gasteiger partial charge in [-0.05, 0) is 12.8 Å². The molecule has 2 N–H and O–H groups in total. The minimum absolute atomic E-state index is 0.0200. The largest absolute Gasteiger partial charge is 0.335 e. The molecule has 1 aromatic rings. The fraction of sp³-hybridized carbons (Fsp3) is 0.636. The molecule has 3 rings (SSSR count). The van der Waals surface area contributed by atoms with Crippen LogP contribution in [0.15, 0.2) is 6.33 Å². The van der Waals surface area contributed by atoms with E-state index in [1.165, 1.54) is 18.5 Å². The molecule has 0 spiro atoms. The van der Waals surface area contributed by atoms with Crippen molar-refractivity contribution in [1.29, 1.82) is 0 Å². The fourth-order valence-corrected chi connectivity index (χ4v) is 2.34. The van der Waals surface area contributed by atoms with E-state index in [0.29, 0.717) is 12.6 Å². The average Bonchev–Trinajstić information content (AvgIpc) is 3.08. The van der Waals surface area contributed by atoms with Crippen LogP contribution in [0.3, 0.4) is 0 Å². The molecule has 2 aliphatic rings. The van der Waals surface area contributed by atoms with Gasteiger partial charge in [0.15, 0.2) is 0 Å². The Hall–Kier alpha value is -1.36. The standard InChI is InChI=1S/C11H16N4O/c12-5-11(16)14-4-3-10-9(6-14)13-7-15(10)8-1-2-8/h7-8H,1-6,12H2. The van der Waals surface area contributed by atoms with Gasteiger partial charge in [-0.25, -0.2) is 4.98 Å². The molecule has 0 atom stereocenters. The summed E-state index contributed by atoms with van der Waals surface area (Å²) >= 11 is 0. The molecule has 86 valence electrons. The van der Waals surface area contributed by atoms with Crippen LogP contribution in [0.1, 0.15) is 30.3 Å². The summed E-state index contributed by atoms with van der Waals surface area (Å²) in [6.07, 6.45) is 5.39. The molecule has 5 nitrogen and oxygen atoms in total. The maximum Gasteiger partial charge on any atom is 0.236 e. The lowest BCUT2D eigenvalue weighted by molar-refractivity contribution is -0.130. The monoisotopic (exact) mass is 220 g/mol. The summed E-state index contributed by atoms with van der Waals surface area (Å²) in [6.45, 7) is 1.51. The lowest BCUT2D eigenvalue weighted by atomic mass is 10.1. The van der Waals surface area contributed by atoms with E-state index < -0.39 is 0 Å². The van der Waals surface area contributed by atoms with Crippen molar-refractivity contribution in [2.75, 3.05) is 13.1 Å². The molecule has 1 aliphatic heterocycles. The third-order valence-electron chi connectivity index (χ3n) is 3.41. The highest BCUT2D eigenvalue weighted by Gasteiger charge is 2.30. The number of carbonyl (C=O) groups excluding carboxylic acids is 1. The third kappa shape index (κ3) is 1.51. The molecule has 1 amide bonds. The van der Waals surface area contributed by atoms with Gasteiger partial charge in [-0.2, -0.15) is 0 Å². The molecule has 2 heterocycles. The first-order valence-corrected chi connectivity index (χ1v) is 5.82. The van der Waals surface area contributed by atoms with Gasteiger partial charge in [-0.15, -0.1) is 0 Å². The summed E-state index contributed by atoms with van der Waals surface area (Å²) in [7, 11) is 0. The van der Waals surface area contributed by atoms with Crippen molar-refractivity contribution in [2.45, 2.75) is 31.8 Å². The highest BCUT2D eigenvalue weighted by atomic mass is 16.2.